The first-order valence-corrected chi connectivity index (χ1v) is 10.3. The van der Waals surface area contributed by atoms with E-state index in [0.29, 0.717) is 11.4 Å². The van der Waals surface area contributed by atoms with Crippen molar-refractivity contribution in [3.63, 3.8) is 0 Å². The maximum absolute atomic E-state index is 12.3. The highest BCUT2D eigenvalue weighted by atomic mass is 32.1. The van der Waals surface area contributed by atoms with Crippen molar-refractivity contribution in [2.45, 2.75) is 0 Å². The Morgan fingerprint density at radius 1 is 0.933 bits per heavy atom. The van der Waals surface area contributed by atoms with E-state index in [9.17, 15) is 4.79 Å². The minimum Gasteiger partial charge on any atom is -0.484 e. The van der Waals surface area contributed by atoms with Crippen LogP contribution in [0.5, 0.6) is 5.75 Å². The number of aromatic nitrogens is 2. The van der Waals surface area contributed by atoms with Gasteiger partial charge < -0.3 is 10.1 Å². The number of amides is 1. The van der Waals surface area contributed by atoms with Gasteiger partial charge in [-0.05, 0) is 59.3 Å². The zero-order chi connectivity index (χ0) is 20.3. The Morgan fingerprint density at radius 2 is 1.77 bits per heavy atom. The first-order valence-electron chi connectivity index (χ1n) is 9.48. The summed E-state index contributed by atoms with van der Waals surface area (Å²) in [5.41, 5.74) is 2.59. The molecule has 0 radical (unpaired) electrons. The lowest BCUT2D eigenvalue weighted by Gasteiger charge is -2.09. The molecule has 30 heavy (non-hydrogen) atoms. The molecule has 3 aromatic carbocycles. The van der Waals surface area contributed by atoms with E-state index in [4.69, 9.17) is 4.74 Å². The first kappa shape index (κ1) is 18.3. The molecule has 1 N–H and O–H groups in total. The fourth-order valence-electron chi connectivity index (χ4n) is 3.19. The summed E-state index contributed by atoms with van der Waals surface area (Å²) in [5.74, 6) is 0.462. The van der Waals surface area contributed by atoms with Crippen LogP contribution in [0.15, 0.2) is 85.1 Å². The third-order valence-electron chi connectivity index (χ3n) is 4.67. The Balaban J connectivity index is 1.22. The van der Waals surface area contributed by atoms with Gasteiger partial charge in [-0.1, -0.05) is 41.7 Å². The Hall–Kier alpha value is -3.77. The van der Waals surface area contributed by atoms with Gasteiger partial charge in [-0.3, -0.25) is 4.79 Å². The molecule has 0 saturated heterocycles. The molecular formula is C24H17N3O2S. The predicted octanol–water partition coefficient (Wildman–Crippen LogP) is 5.53. The highest BCUT2D eigenvalue weighted by Gasteiger charge is 2.08. The summed E-state index contributed by atoms with van der Waals surface area (Å²) in [6, 6.07) is 25.3. The molecule has 5 aromatic rings. The lowest BCUT2D eigenvalue weighted by atomic mass is 10.1. The van der Waals surface area contributed by atoms with E-state index in [1.807, 2.05) is 78.9 Å². The molecule has 1 amide bonds. The minimum atomic E-state index is -0.208. The number of hydrogen-bond donors (Lipinski definition) is 1. The van der Waals surface area contributed by atoms with Crippen molar-refractivity contribution in [1.82, 2.24) is 9.97 Å². The molecule has 146 valence electrons. The van der Waals surface area contributed by atoms with Crippen LogP contribution in [0.25, 0.3) is 31.7 Å². The van der Waals surface area contributed by atoms with Gasteiger partial charge in [0.2, 0.25) is 0 Å². The van der Waals surface area contributed by atoms with E-state index in [-0.39, 0.29) is 12.5 Å². The van der Waals surface area contributed by atoms with Crippen molar-refractivity contribution in [1.29, 1.82) is 0 Å². The second-order valence-electron chi connectivity index (χ2n) is 6.77. The summed E-state index contributed by atoms with van der Waals surface area (Å²) in [4.78, 5) is 22.1. The minimum absolute atomic E-state index is 0.0520. The lowest BCUT2D eigenvalue weighted by Crippen LogP contribution is -2.20. The number of anilines is 1. The number of carbonyl (C=O) groups excluding carboxylic acids is 1. The molecule has 5 rings (SSSR count). The van der Waals surface area contributed by atoms with Gasteiger partial charge in [0.15, 0.2) is 6.61 Å². The molecule has 0 unspecified atom stereocenters. The molecule has 5 nitrogen and oxygen atoms in total. The van der Waals surface area contributed by atoms with Crippen molar-refractivity contribution in [3.8, 4) is 16.3 Å². The van der Waals surface area contributed by atoms with E-state index in [2.05, 4.69) is 15.3 Å². The lowest BCUT2D eigenvalue weighted by molar-refractivity contribution is -0.118. The van der Waals surface area contributed by atoms with Gasteiger partial charge in [0, 0.05) is 17.4 Å². The number of carbonyl (C=O) groups is 1. The van der Waals surface area contributed by atoms with Gasteiger partial charge in [0.05, 0.1) is 0 Å². The molecule has 2 heterocycles. The summed E-state index contributed by atoms with van der Waals surface area (Å²) < 4.78 is 5.65. The molecule has 0 spiro atoms. The SMILES string of the molecule is O=C(COc1ccc2ccccc2c1)Nc1ccc(-c2nc3cccnc3s2)cc1. The normalized spacial score (nSPS) is 10.9. The third kappa shape index (κ3) is 3.86. The van der Waals surface area contributed by atoms with Crippen LogP contribution < -0.4 is 10.1 Å². The largest absolute Gasteiger partial charge is 0.484 e. The molecule has 0 aliphatic carbocycles. The maximum Gasteiger partial charge on any atom is 0.262 e. The van der Waals surface area contributed by atoms with Crippen molar-refractivity contribution < 1.29 is 9.53 Å². The number of rotatable bonds is 5. The van der Waals surface area contributed by atoms with Crippen LogP contribution in [-0.2, 0) is 4.79 Å². The topological polar surface area (TPSA) is 64.1 Å². The molecule has 0 aliphatic rings. The van der Waals surface area contributed by atoms with Gasteiger partial charge in [0.1, 0.15) is 21.1 Å². The molecule has 0 aliphatic heterocycles. The van der Waals surface area contributed by atoms with E-state index in [0.717, 1.165) is 31.7 Å². The fraction of sp³-hybridized carbons (Fsp3) is 0.0417. The number of nitrogens with one attached hydrogen (secondary N) is 1. The summed E-state index contributed by atoms with van der Waals surface area (Å²) in [6.45, 7) is -0.0520. The molecule has 6 heteroatoms. The summed E-state index contributed by atoms with van der Waals surface area (Å²) in [6.07, 6.45) is 1.77. The monoisotopic (exact) mass is 411 g/mol. The quantitative estimate of drug-likeness (QED) is 0.413. The number of benzene rings is 3. The Morgan fingerprint density at radius 3 is 2.60 bits per heavy atom. The summed E-state index contributed by atoms with van der Waals surface area (Å²) in [5, 5.41) is 5.98. The average Bonchev–Trinajstić information content (AvgIpc) is 3.22. The Bertz CT molecular complexity index is 1310. The van der Waals surface area contributed by atoms with E-state index < -0.39 is 0 Å². The van der Waals surface area contributed by atoms with Crippen LogP contribution in [-0.4, -0.2) is 22.5 Å². The number of nitrogens with zero attached hydrogens (tertiary/aromatic N) is 2. The second kappa shape index (κ2) is 7.93. The van der Waals surface area contributed by atoms with Crippen molar-refractivity contribution in [2.75, 3.05) is 11.9 Å². The van der Waals surface area contributed by atoms with Crippen LogP contribution in [0, 0.1) is 0 Å². The molecule has 0 bridgehead atoms. The fourth-order valence-corrected chi connectivity index (χ4v) is 4.11. The zero-order valence-electron chi connectivity index (χ0n) is 15.9. The van der Waals surface area contributed by atoms with Crippen LogP contribution >= 0.6 is 11.3 Å². The highest BCUT2D eigenvalue weighted by molar-refractivity contribution is 7.21. The Kier molecular flexibility index (Phi) is 4.83. The molecule has 0 saturated carbocycles. The van der Waals surface area contributed by atoms with Gasteiger partial charge in [0.25, 0.3) is 5.91 Å². The number of fused-ring (bicyclic) bond motifs is 2. The number of pyridine rings is 1. The van der Waals surface area contributed by atoms with E-state index >= 15 is 0 Å². The van der Waals surface area contributed by atoms with Crippen molar-refractivity contribution >= 4 is 44.1 Å². The van der Waals surface area contributed by atoms with Gasteiger partial charge in [-0.2, -0.15) is 0 Å². The highest BCUT2D eigenvalue weighted by Crippen LogP contribution is 2.29. The molecule has 2 aromatic heterocycles. The number of thiazole rings is 1. The van der Waals surface area contributed by atoms with Gasteiger partial charge >= 0.3 is 0 Å². The average molecular weight is 411 g/mol. The van der Waals surface area contributed by atoms with Crippen LogP contribution in [0.3, 0.4) is 0 Å². The zero-order valence-corrected chi connectivity index (χ0v) is 16.7. The second-order valence-corrected chi connectivity index (χ2v) is 7.75. The molecule has 0 fully saturated rings. The molecule has 0 atom stereocenters. The maximum atomic E-state index is 12.3. The first-order chi connectivity index (χ1) is 14.7. The van der Waals surface area contributed by atoms with Crippen molar-refractivity contribution in [3.05, 3.63) is 85.1 Å². The Labute approximate surface area is 177 Å². The van der Waals surface area contributed by atoms with Crippen LogP contribution in [0.4, 0.5) is 5.69 Å². The number of ether oxygens (including phenoxy) is 1. The van der Waals surface area contributed by atoms with E-state index in [1.54, 1.807) is 17.5 Å². The van der Waals surface area contributed by atoms with Gasteiger partial charge in [-0.15, -0.1) is 0 Å². The summed E-state index contributed by atoms with van der Waals surface area (Å²) >= 11 is 1.55. The van der Waals surface area contributed by atoms with Crippen molar-refractivity contribution in [2.24, 2.45) is 0 Å². The summed E-state index contributed by atoms with van der Waals surface area (Å²) in [7, 11) is 0. The number of hydrogen-bond acceptors (Lipinski definition) is 5. The standard InChI is InChI=1S/C24H17N3O2S/c28-22(15-29-20-12-9-16-4-1-2-5-18(16)14-20)26-19-10-7-17(8-11-19)23-27-21-6-3-13-25-24(21)30-23/h1-14H,15H2,(H,26,28). The van der Waals surface area contributed by atoms with E-state index in [1.165, 1.54) is 0 Å². The van der Waals surface area contributed by atoms with Crippen LogP contribution in [0.1, 0.15) is 0 Å². The predicted molar refractivity (Wildman–Crippen MR) is 121 cm³/mol. The smallest absolute Gasteiger partial charge is 0.262 e. The van der Waals surface area contributed by atoms with Crippen LogP contribution in [0.2, 0.25) is 0 Å². The third-order valence-corrected chi connectivity index (χ3v) is 5.70. The van der Waals surface area contributed by atoms with Gasteiger partial charge in [-0.25, -0.2) is 9.97 Å². The molecular weight excluding hydrogens is 394 g/mol.